The van der Waals surface area contributed by atoms with E-state index in [4.69, 9.17) is 15.1 Å². The molecule has 3 aromatic heterocycles. The van der Waals surface area contributed by atoms with Gasteiger partial charge in [0.15, 0.2) is 11.0 Å². The van der Waals surface area contributed by atoms with Crippen LogP contribution < -0.4 is 5.32 Å². The van der Waals surface area contributed by atoms with Gasteiger partial charge in [-0.3, -0.25) is 10.3 Å². The molecule has 0 spiro atoms. The molecular weight excluding hydrogens is 423 g/mol. The summed E-state index contributed by atoms with van der Waals surface area (Å²) in [5, 5.41) is 10.4. The van der Waals surface area contributed by atoms with Gasteiger partial charge in [-0.2, -0.15) is 0 Å². The van der Waals surface area contributed by atoms with Crippen LogP contribution in [0.2, 0.25) is 0 Å². The van der Waals surface area contributed by atoms with E-state index in [-0.39, 0.29) is 12.0 Å². The maximum atomic E-state index is 13.4. The summed E-state index contributed by atoms with van der Waals surface area (Å²) in [5.74, 6) is 0.437. The van der Waals surface area contributed by atoms with Gasteiger partial charge in [0.2, 0.25) is 0 Å². The van der Waals surface area contributed by atoms with E-state index in [0.717, 1.165) is 45.3 Å². The van der Waals surface area contributed by atoms with E-state index in [0.29, 0.717) is 11.9 Å². The van der Waals surface area contributed by atoms with E-state index >= 15 is 0 Å². The largest absolute Gasteiger partial charge is 0.289 e. The third kappa shape index (κ3) is 3.59. The average molecular weight is 445 g/mol. The zero-order valence-corrected chi connectivity index (χ0v) is 18.1. The fourth-order valence-corrected chi connectivity index (χ4v) is 5.35. The van der Waals surface area contributed by atoms with Gasteiger partial charge in [0.05, 0.1) is 0 Å². The Bertz CT molecular complexity index is 1250. The van der Waals surface area contributed by atoms with Crippen LogP contribution in [0, 0.1) is 5.82 Å². The number of nitrogens with zero attached hydrogens (tertiary/aromatic N) is 5. The highest BCUT2D eigenvalue weighted by atomic mass is 32.2. The third-order valence-electron chi connectivity index (χ3n) is 6.07. The molecular formula is C24H21FN6S. The molecule has 0 saturated heterocycles. The number of rotatable bonds is 4. The van der Waals surface area contributed by atoms with E-state index in [1.807, 2.05) is 23.0 Å². The van der Waals surface area contributed by atoms with Crippen molar-refractivity contribution in [3.05, 3.63) is 72.4 Å². The van der Waals surface area contributed by atoms with Crippen molar-refractivity contribution in [2.24, 2.45) is 0 Å². The minimum Gasteiger partial charge on any atom is -0.289 e. The van der Waals surface area contributed by atoms with Crippen LogP contribution in [0.4, 0.5) is 4.39 Å². The van der Waals surface area contributed by atoms with Gasteiger partial charge >= 0.3 is 0 Å². The Morgan fingerprint density at radius 2 is 1.75 bits per heavy atom. The Morgan fingerprint density at radius 1 is 0.969 bits per heavy atom. The number of benzene rings is 1. The van der Waals surface area contributed by atoms with Gasteiger partial charge in [-0.05, 0) is 60.5 Å². The maximum Gasteiger partial charge on any atom is 0.194 e. The second-order valence-electron chi connectivity index (χ2n) is 8.18. The summed E-state index contributed by atoms with van der Waals surface area (Å²) in [6.07, 6.45) is 10.0. The summed E-state index contributed by atoms with van der Waals surface area (Å²) in [4.78, 5) is 13.7. The molecule has 0 amide bonds. The Balaban J connectivity index is 1.43. The number of fused-ring (bicyclic) bond motifs is 2. The fourth-order valence-electron chi connectivity index (χ4n) is 4.41. The lowest BCUT2D eigenvalue weighted by Gasteiger charge is -2.29. The van der Waals surface area contributed by atoms with Crippen LogP contribution in [0.1, 0.15) is 37.4 Å². The first-order valence-electron chi connectivity index (χ1n) is 10.8. The standard InChI is InChI=1S/C24H21FN6S/c25-18-7-5-15(6-8-18)17-13-20-22(28-19-3-1-2-4-19)31-24(32-23(20)27-14-17)29-21(30-31)16-9-11-26-12-10-16/h5-14,19,22,28H,1-4H2/t22-/m0/s1. The summed E-state index contributed by atoms with van der Waals surface area (Å²) in [7, 11) is 0. The van der Waals surface area contributed by atoms with E-state index in [1.54, 1.807) is 24.5 Å². The lowest BCUT2D eigenvalue weighted by Crippen LogP contribution is -2.37. The molecule has 6 rings (SSSR count). The molecule has 1 atom stereocenters. The molecule has 1 saturated carbocycles. The van der Waals surface area contributed by atoms with Gasteiger partial charge in [0.25, 0.3) is 0 Å². The molecule has 1 aromatic carbocycles. The molecule has 6 nitrogen and oxygen atoms in total. The zero-order chi connectivity index (χ0) is 21.5. The minimum absolute atomic E-state index is 0.152. The first-order chi connectivity index (χ1) is 15.7. The maximum absolute atomic E-state index is 13.4. The second kappa shape index (κ2) is 8.11. The molecule has 0 bridgehead atoms. The van der Waals surface area contributed by atoms with Crippen molar-refractivity contribution in [2.45, 2.75) is 48.1 Å². The molecule has 1 aliphatic carbocycles. The number of pyridine rings is 2. The monoisotopic (exact) mass is 444 g/mol. The number of halogens is 1. The Hall–Kier alpha value is -3.10. The summed E-state index contributed by atoms with van der Waals surface area (Å²) < 4.78 is 15.4. The van der Waals surface area contributed by atoms with Crippen molar-refractivity contribution in [3.63, 3.8) is 0 Å². The van der Waals surface area contributed by atoms with Crippen LogP contribution in [-0.2, 0) is 0 Å². The fraction of sp³-hybridized carbons (Fsp3) is 0.250. The Kier molecular flexibility index (Phi) is 4.96. The topological polar surface area (TPSA) is 68.5 Å². The summed E-state index contributed by atoms with van der Waals surface area (Å²) >= 11 is 1.53. The summed E-state index contributed by atoms with van der Waals surface area (Å²) in [6, 6.07) is 13.0. The minimum atomic E-state index is -0.244. The van der Waals surface area contributed by atoms with Crippen molar-refractivity contribution in [3.8, 4) is 22.5 Å². The quantitative estimate of drug-likeness (QED) is 0.473. The zero-order valence-electron chi connectivity index (χ0n) is 17.3. The predicted octanol–water partition coefficient (Wildman–Crippen LogP) is 5.08. The molecule has 1 N–H and O–H groups in total. The van der Waals surface area contributed by atoms with Crippen LogP contribution in [0.5, 0.6) is 0 Å². The first kappa shape index (κ1) is 19.6. The van der Waals surface area contributed by atoms with E-state index in [1.165, 1.54) is 36.7 Å². The number of hydrogen-bond acceptors (Lipinski definition) is 6. The van der Waals surface area contributed by atoms with Gasteiger partial charge in [-0.1, -0.05) is 25.0 Å². The molecule has 4 heterocycles. The van der Waals surface area contributed by atoms with Crippen molar-refractivity contribution in [1.29, 1.82) is 0 Å². The van der Waals surface area contributed by atoms with Gasteiger partial charge in [-0.15, -0.1) is 5.10 Å². The molecule has 160 valence electrons. The molecule has 32 heavy (non-hydrogen) atoms. The van der Waals surface area contributed by atoms with Crippen LogP contribution in [0.3, 0.4) is 0 Å². The Morgan fingerprint density at radius 3 is 2.53 bits per heavy atom. The molecule has 0 radical (unpaired) electrons. The molecule has 8 heteroatoms. The third-order valence-corrected chi connectivity index (χ3v) is 7.07. The van der Waals surface area contributed by atoms with Gasteiger partial charge in [0, 0.05) is 41.3 Å². The molecule has 2 aliphatic rings. The van der Waals surface area contributed by atoms with Crippen LogP contribution in [0.25, 0.3) is 22.5 Å². The van der Waals surface area contributed by atoms with E-state index in [2.05, 4.69) is 16.4 Å². The van der Waals surface area contributed by atoms with E-state index in [9.17, 15) is 4.39 Å². The molecule has 4 aromatic rings. The number of nitrogens with one attached hydrogen (secondary N) is 1. The van der Waals surface area contributed by atoms with Crippen molar-refractivity contribution < 1.29 is 4.39 Å². The average Bonchev–Trinajstić information content (AvgIpc) is 3.50. The number of hydrogen-bond donors (Lipinski definition) is 1. The number of aromatic nitrogens is 5. The highest BCUT2D eigenvalue weighted by molar-refractivity contribution is 7.99. The lowest BCUT2D eigenvalue weighted by atomic mass is 10.0. The second-order valence-corrected chi connectivity index (χ2v) is 9.13. The normalized spacial score (nSPS) is 17.8. The van der Waals surface area contributed by atoms with Gasteiger partial charge in [-0.25, -0.2) is 19.0 Å². The van der Waals surface area contributed by atoms with Crippen molar-refractivity contribution in [2.75, 3.05) is 0 Å². The van der Waals surface area contributed by atoms with Crippen LogP contribution in [0.15, 0.2) is 71.2 Å². The first-order valence-corrected chi connectivity index (χ1v) is 11.6. The summed E-state index contributed by atoms with van der Waals surface area (Å²) in [6.45, 7) is 0. The smallest absolute Gasteiger partial charge is 0.194 e. The van der Waals surface area contributed by atoms with Gasteiger partial charge in [0.1, 0.15) is 17.0 Å². The van der Waals surface area contributed by atoms with E-state index < -0.39 is 0 Å². The van der Waals surface area contributed by atoms with Crippen molar-refractivity contribution in [1.82, 2.24) is 30.0 Å². The summed E-state index contributed by atoms with van der Waals surface area (Å²) in [5.41, 5.74) is 3.90. The van der Waals surface area contributed by atoms with Crippen LogP contribution >= 0.6 is 11.8 Å². The van der Waals surface area contributed by atoms with Gasteiger partial charge < -0.3 is 0 Å². The SMILES string of the molecule is Fc1ccc(-c2cnc3c(c2)[C@@H](NC2CCCC2)n2nc(-c4ccncc4)nc2S3)cc1. The Labute approximate surface area is 189 Å². The highest BCUT2D eigenvalue weighted by Crippen LogP contribution is 2.41. The van der Waals surface area contributed by atoms with Crippen LogP contribution in [-0.4, -0.2) is 30.8 Å². The molecule has 0 unspecified atom stereocenters. The predicted molar refractivity (Wildman–Crippen MR) is 121 cm³/mol. The lowest BCUT2D eigenvalue weighted by molar-refractivity contribution is 0.342. The molecule has 1 aliphatic heterocycles. The molecule has 1 fully saturated rings. The van der Waals surface area contributed by atoms with Crippen molar-refractivity contribution >= 4 is 11.8 Å². The highest BCUT2D eigenvalue weighted by Gasteiger charge is 2.32.